The molecule has 0 aliphatic heterocycles. The zero-order chi connectivity index (χ0) is 18.5. The summed E-state index contributed by atoms with van der Waals surface area (Å²) in [5.74, 6) is 0.659. The molecule has 0 unspecified atom stereocenters. The van der Waals surface area contributed by atoms with Crippen LogP contribution in [0.3, 0.4) is 0 Å². The molecule has 3 aromatic heterocycles. The van der Waals surface area contributed by atoms with Crippen LogP contribution in [-0.2, 0) is 0 Å². The van der Waals surface area contributed by atoms with Crippen LogP contribution in [0.25, 0.3) is 0 Å². The lowest BCUT2D eigenvalue weighted by molar-refractivity contribution is 0.412. The van der Waals surface area contributed by atoms with Crippen molar-refractivity contribution >= 4 is 17.5 Å². The molecule has 8 nitrogen and oxygen atoms in total. The first-order valence-electron chi connectivity index (χ1n) is 7.80. The van der Waals surface area contributed by atoms with Crippen LogP contribution in [0.5, 0.6) is 5.75 Å². The molecule has 3 heterocycles. The normalized spacial score (nSPS) is 11.7. The molecule has 3 rings (SSSR count). The first kappa shape index (κ1) is 17.3. The Hall–Kier alpha value is -3.49. The van der Waals surface area contributed by atoms with E-state index in [1.54, 1.807) is 18.2 Å². The largest absolute Gasteiger partial charge is 0.491 e. The second-order valence-electron chi connectivity index (χ2n) is 5.42. The molecule has 26 heavy (non-hydrogen) atoms. The Bertz CT molecular complexity index is 944. The van der Waals surface area contributed by atoms with Crippen molar-refractivity contribution in [3.63, 3.8) is 0 Å². The molecule has 0 saturated carbocycles. The molecule has 134 valence electrons. The van der Waals surface area contributed by atoms with E-state index in [1.807, 2.05) is 6.92 Å². The lowest BCUT2D eigenvalue weighted by Crippen LogP contribution is -2.14. The molecule has 0 aliphatic rings. The number of hydrogen-bond acceptors (Lipinski definition) is 7. The number of nitrogens with one attached hydrogen (secondary N) is 3. The van der Waals surface area contributed by atoms with Crippen LogP contribution in [-0.4, -0.2) is 27.0 Å². The standard InChI is InChI=1S/C17H17FN6O2/c1-10(12-6-5-11(18)8-20-12)22-15-14(26-2)9-21-17(24-15)23-13-4-3-7-19-16(13)25/h3-10H,1-2H3,(H,19,25)(H2,21,22,23,24)/t10-/m0/s1. The molecular weight excluding hydrogens is 339 g/mol. The van der Waals surface area contributed by atoms with Gasteiger partial charge in [-0.15, -0.1) is 0 Å². The number of hydrogen-bond donors (Lipinski definition) is 3. The van der Waals surface area contributed by atoms with Crippen molar-refractivity contribution in [2.24, 2.45) is 0 Å². The minimum absolute atomic E-state index is 0.226. The Labute approximate surface area is 148 Å². The van der Waals surface area contributed by atoms with E-state index in [-0.39, 0.29) is 17.5 Å². The highest BCUT2D eigenvalue weighted by atomic mass is 19.1. The molecule has 3 aromatic rings. The van der Waals surface area contributed by atoms with Crippen molar-refractivity contribution in [1.29, 1.82) is 0 Å². The average molecular weight is 356 g/mol. The fourth-order valence-electron chi connectivity index (χ4n) is 2.25. The van der Waals surface area contributed by atoms with E-state index in [1.165, 1.54) is 25.6 Å². The predicted molar refractivity (Wildman–Crippen MR) is 95.2 cm³/mol. The first-order valence-corrected chi connectivity index (χ1v) is 7.80. The molecule has 3 N–H and O–H groups in total. The van der Waals surface area contributed by atoms with Crippen LogP contribution in [0.1, 0.15) is 18.7 Å². The van der Waals surface area contributed by atoms with Crippen molar-refractivity contribution in [3.8, 4) is 5.75 Å². The maximum Gasteiger partial charge on any atom is 0.271 e. The molecule has 1 atom stereocenters. The average Bonchev–Trinajstić information content (AvgIpc) is 2.64. The third-order valence-corrected chi connectivity index (χ3v) is 3.59. The minimum atomic E-state index is -0.403. The molecule has 0 bridgehead atoms. The van der Waals surface area contributed by atoms with E-state index >= 15 is 0 Å². The number of nitrogens with zero attached hydrogens (tertiary/aromatic N) is 3. The summed E-state index contributed by atoms with van der Waals surface area (Å²) in [6, 6.07) is 5.97. The number of aromatic amines is 1. The second-order valence-corrected chi connectivity index (χ2v) is 5.42. The number of aromatic nitrogens is 4. The summed E-state index contributed by atoms with van der Waals surface area (Å²) in [4.78, 5) is 26.9. The summed E-state index contributed by atoms with van der Waals surface area (Å²) >= 11 is 0. The van der Waals surface area contributed by atoms with Crippen molar-refractivity contribution in [1.82, 2.24) is 19.9 Å². The number of halogens is 1. The zero-order valence-corrected chi connectivity index (χ0v) is 14.2. The first-order chi connectivity index (χ1) is 12.6. The summed E-state index contributed by atoms with van der Waals surface area (Å²) in [7, 11) is 1.50. The van der Waals surface area contributed by atoms with Crippen LogP contribution in [0, 0.1) is 5.82 Å². The molecule has 9 heteroatoms. The highest BCUT2D eigenvalue weighted by Crippen LogP contribution is 2.26. The van der Waals surface area contributed by atoms with Gasteiger partial charge in [-0.3, -0.25) is 9.78 Å². The van der Waals surface area contributed by atoms with Gasteiger partial charge in [0.05, 0.1) is 31.2 Å². The van der Waals surface area contributed by atoms with Gasteiger partial charge in [-0.2, -0.15) is 4.98 Å². The second kappa shape index (κ2) is 7.60. The van der Waals surface area contributed by atoms with Gasteiger partial charge in [-0.25, -0.2) is 9.37 Å². The van der Waals surface area contributed by atoms with E-state index in [4.69, 9.17) is 4.74 Å². The smallest absolute Gasteiger partial charge is 0.271 e. The third kappa shape index (κ3) is 3.94. The highest BCUT2D eigenvalue weighted by Gasteiger charge is 2.14. The van der Waals surface area contributed by atoms with Crippen molar-refractivity contribution in [2.45, 2.75) is 13.0 Å². The molecule has 0 fully saturated rings. The number of H-pyrrole nitrogens is 1. The third-order valence-electron chi connectivity index (χ3n) is 3.59. The quantitative estimate of drug-likeness (QED) is 0.623. The van der Waals surface area contributed by atoms with Gasteiger partial charge >= 0.3 is 0 Å². The van der Waals surface area contributed by atoms with Crippen LogP contribution in [0.15, 0.2) is 47.7 Å². The van der Waals surface area contributed by atoms with E-state index in [2.05, 4.69) is 30.6 Å². The van der Waals surface area contributed by atoms with Crippen molar-refractivity contribution in [3.05, 3.63) is 64.7 Å². The van der Waals surface area contributed by atoms with Crippen LogP contribution in [0.2, 0.25) is 0 Å². The lowest BCUT2D eigenvalue weighted by Gasteiger charge is -2.16. The van der Waals surface area contributed by atoms with Crippen LogP contribution < -0.4 is 20.9 Å². The maximum atomic E-state index is 13.0. The molecule has 0 aromatic carbocycles. The lowest BCUT2D eigenvalue weighted by atomic mass is 10.2. The molecule has 0 saturated heterocycles. The predicted octanol–water partition coefficient (Wildman–Crippen LogP) is 2.62. The van der Waals surface area contributed by atoms with Crippen molar-refractivity contribution < 1.29 is 9.13 Å². The molecule has 0 aliphatic carbocycles. The number of methoxy groups -OCH3 is 1. The number of ether oxygens (including phenoxy) is 1. The topological polar surface area (TPSA) is 105 Å². The Balaban J connectivity index is 1.84. The van der Waals surface area contributed by atoms with Crippen molar-refractivity contribution in [2.75, 3.05) is 17.7 Å². The summed E-state index contributed by atoms with van der Waals surface area (Å²) < 4.78 is 18.3. The fourth-order valence-corrected chi connectivity index (χ4v) is 2.25. The van der Waals surface area contributed by atoms with Gasteiger partial charge in [0.1, 0.15) is 11.5 Å². The summed E-state index contributed by atoms with van der Waals surface area (Å²) in [6.45, 7) is 1.86. The number of pyridine rings is 2. The van der Waals surface area contributed by atoms with E-state index in [0.717, 1.165) is 6.20 Å². The van der Waals surface area contributed by atoms with Gasteiger partial charge in [0, 0.05) is 6.20 Å². The molecule has 0 amide bonds. The van der Waals surface area contributed by atoms with Gasteiger partial charge < -0.3 is 20.4 Å². The summed E-state index contributed by atoms with van der Waals surface area (Å²) in [5, 5.41) is 6.01. The van der Waals surface area contributed by atoms with Gasteiger partial charge in [0.25, 0.3) is 5.56 Å². The van der Waals surface area contributed by atoms with Gasteiger partial charge in [-0.05, 0) is 31.2 Å². The Morgan fingerprint density at radius 1 is 1.23 bits per heavy atom. The molecular formula is C17H17FN6O2. The zero-order valence-electron chi connectivity index (χ0n) is 14.2. The Kier molecular flexibility index (Phi) is 5.07. The maximum absolute atomic E-state index is 13.0. The summed E-state index contributed by atoms with van der Waals surface area (Å²) in [5.41, 5.74) is 0.670. The van der Waals surface area contributed by atoms with Crippen LogP contribution >= 0.6 is 0 Å². The monoisotopic (exact) mass is 356 g/mol. The fraction of sp³-hybridized carbons (Fsp3) is 0.176. The van der Waals surface area contributed by atoms with E-state index in [0.29, 0.717) is 22.9 Å². The summed E-state index contributed by atoms with van der Waals surface area (Å²) in [6.07, 6.45) is 4.17. The van der Waals surface area contributed by atoms with Gasteiger partial charge in [0.15, 0.2) is 11.6 Å². The molecule has 0 radical (unpaired) electrons. The minimum Gasteiger partial charge on any atom is -0.491 e. The van der Waals surface area contributed by atoms with Crippen LogP contribution in [0.4, 0.5) is 21.8 Å². The number of anilines is 3. The van der Waals surface area contributed by atoms with E-state index in [9.17, 15) is 9.18 Å². The van der Waals surface area contributed by atoms with E-state index < -0.39 is 5.82 Å². The Morgan fingerprint density at radius 3 is 2.77 bits per heavy atom. The van der Waals surface area contributed by atoms with Gasteiger partial charge in [0.2, 0.25) is 5.95 Å². The Morgan fingerprint density at radius 2 is 2.08 bits per heavy atom. The number of rotatable bonds is 6. The highest BCUT2D eigenvalue weighted by molar-refractivity contribution is 5.57. The van der Waals surface area contributed by atoms with Gasteiger partial charge in [-0.1, -0.05) is 0 Å². The SMILES string of the molecule is COc1cnc(Nc2ccc[nH]c2=O)nc1N[C@@H](C)c1ccc(F)cn1. The molecule has 0 spiro atoms.